The number of amides is 2. The Balaban J connectivity index is 1.49. The molecule has 10 nitrogen and oxygen atoms in total. The lowest BCUT2D eigenvalue weighted by Crippen LogP contribution is -2.38. The Hall–Kier alpha value is -4.74. The van der Waals surface area contributed by atoms with E-state index in [2.05, 4.69) is 10.6 Å². The third-order valence-electron chi connectivity index (χ3n) is 6.62. The molecule has 2 N–H and O–H groups in total. The number of anilines is 2. The average molecular weight is 638 g/mol. The van der Waals surface area contributed by atoms with E-state index < -0.39 is 28.4 Å². The van der Waals surface area contributed by atoms with Gasteiger partial charge in [0.1, 0.15) is 12.3 Å². The lowest BCUT2D eigenvalue weighted by molar-refractivity contribution is -0.114. The number of carbonyl (C=O) groups excluding carboxylic acids is 2. The van der Waals surface area contributed by atoms with Crippen molar-refractivity contribution in [2.75, 3.05) is 44.0 Å². The number of methoxy groups -OCH3 is 3. The van der Waals surface area contributed by atoms with Crippen LogP contribution in [0.5, 0.6) is 17.2 Å². The molecule has 2 amide bonds. The summed E-state index contributed by atoms with van der Waals surface area (Å²) in [6, 6.07) is 24.0. The van der Waals surface area contributed by atoms with E-state index in [0.29, 0.717) is 35.2 Å². The molecule has 0 spiro atoms. The van der Waals surface area contributed by atoms with E-state index in [1.54, 1.807) is 62.8 Å². The summed E-state index contributed by atoms with van der Waals surface area (Å²) < 4.78 is 44.1. The number of benzene rings is 4. The number of carbonyl (C=O) groups is 2. The maximum Gasteiger partial charge on any atom is 0.264 e. The van der Waals surface area contributed by atoms with Gasteiger partial charge in [0, 0.05) is 11.6 Å². The van der Waals surface area contributed by atoms with Crippen LogP contribution in [0.3, 0.4) is 0 Å². The van der Waals surface area contributed by atoms with Crippen LogP contribution in [-0.4, -0.2) is 54.7 Å². The molecular weight excluding hydrogens is 606 g/mol. The van der Waals surface area contributed by atoms with Crippen LogP contribution in [0.4, 0.5) is 11.4 Å². The molecule has 0 unspecified atom stereocenters. The summed E-state index contributed by atoms with van der Waals surface area (Å²) in [6.07, 6.45) is 0.526. The summed E-state index contributed by atoms with van der Waals surface area (Å²) in [5, 5.41) is 5.86. The number of para-hydroxylation sites is 1. The number of ether oxygens (including phenoxy) is 3. The molecule has 230 valence electrons. The summed E-state index contributed by atoms with van der Waals surface area (Å²) >= 11 is 6.16. The zero-order valence-corrected chi connectivity index (χ0v) is 25.9. The normalized spacial score (nSPS) is 10.9. The maximum absolute atomic E-state index is 13.7. The first-order valence-corrected chi connectivity index (χ1v) is 15.3. The van der Waals surface area contributed by atoms with E-state index in [1.807, 2.05) is 12.1 Å². The van der Waals surface area contributed by atoms with Crippen molar-refractivity contribution in [1.82, 2.24) is 5.32 Å². The lowest BCUT2D eigenvalue weighted by atomic mass is 10.1. The van der Waals surface area contributed by atoms with Crippen molar-refractivity contribution in [3.05, 3.63) is 107 Å². The van der Waals surface area contributed by atoms with Gasteiger partial charge in [-0.25, -0.2) is 8.42 Å². The van der Waals surface area contributed by atoms with Gasteiger partial charge in [-0.2, -0.15) is 0 Å². The fraction of sp³-hybridized carbons (Fsp3) is 0.188. The molecule has 0 aliphatic rings. The lowest BCUT2D eigenvalue weighted by Gasteiger charge is -2.24. The van der Waals surface area contributed by atoms with E-state index in [4.69, 9.17) is 25.8 Å². The molecule has 0 aliphatic heterocycles. The zero-order valence-electron chi connectivity index (χ0n) is 24.4. The van der Waals surface area contributed by atoms with Gasteiger partial charge in [-0.05, 0) is 78.7 Å². The molecule has 4 rings (SSSR count). The molecule has 12 heteroatoms. The first-order chi connectivity index (χ1) is 21.2. The molecule has 0 saturated heterocycles. The van der Waals surface area contributed by atoms with Crippen molar-refractivity contribution in [3.63, 3.8) is 0 Å². The summed E-state index contributed by atoms with van der Waals surface area (Å²) in [4.78, 5) is 26.4. The Kier molecular flexibility index (Phi) is 10.7. The molecule has 0 saturated carbocycles. The van der Waals surface area contributed by atoms with E-state index >= 15 is 0 Å². The van der Waals surface area contributed by atoms with E-state index in [-0.39, 0.29) is 21.8 Å². The maximum atomic E-state index is 13.7. The van der Waals surface area contributed by atoms with Crippen LogP contribution in [0, 0.1) is 0 Å². The Labute approximate surface area is 261 Å². The predicted octanol–water partition coefficient (Wildman–Crippen LogP) is 5.17. The Bertz CT molecular complexity index is 1730. The molecule has 0 radical (unpaired) electrons. The highest BCUT2D eigenvalue weighted by molar-refractivity contribution is 7.92. The Morgan fingerprint density at radius 3 is 2.23 bits per heavy atom. The Morgan fingerprint density at radius 1 is 0.818 bits per heavy atom. The molecule has 44 heavy (non-hydrogen) atoms. The number of hydrogen-bond donors (Lipinski definition) is 2. The highest BCUT2D eigenvalue weighted by Crippen LogP contribution is 2.29. The summed E-state index contributed by atoms with van der Waals surface area (Å²) in [7, 11) is 0.390. The monoisotopic (exact) mass is 637 g/mol. The van der Waals surface area contributed by atoms with E-state index in [1.165, 1.54) is 37.4 Å². The molecule has 4 aromatic rings. The van der Waals surface area contributed by atoms with Crippen LogP contribution in [0.15, 0.2) is 95.9 Å². The summed E-state index contributed by atoms with van der Waals surface area (Å²) in [5.41, 5.74) is 1.59. The third kappa shape index (κ3) is 7.80. The van der Waals surface area contributed by atoms with Crippen molar-refractivity contribution in [3.8, 4) is 17.2 Å². The number of hydrogen-bond acceptors (Lipinski definition) is 7. The second kappa shape index (κ2) is 14.6. The van der Waals surface area contributed by atoms with Gasteiger partial charge < -0.3 is 24.8 Å². The van der Waals surface area contributed by atoms with Gasteiger partial charge in [0.15, 0.2) is 11.5 Å². The van der Waals surface area contributed by atoms with Gasteiger partial charge >= 0.3 is 0 Å². The van der Waals surface area contributed by atoms with Gasteiger partial charge in [-0.3, -0.25) is 13.9 Å². The van der Waals surface area contributed by atoms with E-state index in [9.17, 15) is 18.0 Å². The van der Waals surface area contributed by atoms with Crippen LogP contribution in [0.2, 0.25) is 5.02 Å². The third-order valence-corrected chi connectivity index (χ3v) is 8.65. The van der Waals surface area contributed by atoms with Crippen LogP contribution in [0.25, 0.3) is 0 Å². The number of nitrogens with zero attached hydrogens (tertiary/aromatic N) is 1. The highest BCUT2D eigenvalue weighted by atomic mass is 35.5. The fourth-order valence-electron chi connectivity index (χ4n) is 4.38. The molecule has 4 aromatic carbocycles. The number of nitrogens with one attached hydrogen (secondary N) is 2. The van der Waals surface area contributed by atoms with Crippen molar-refractivity contribution < 1.29 is 32.2 Å². The van der Waals surface area contributed by atoms with Gasteiger partial charge in [0.2, 0.25) is 5.91 Å². The molecule has 0 aromatic heterocycles. The Morgan fingerprint density at radius 2 is 1.55 bits per heavy atom. The second-order valence-electron chi connectivity index (χ2n) is 9.46. The zero-order chi connectivity index (χ0) is 31.7. The van der Waals surface area contributed by atoms with Crippen molar-refractivity contribution in [2.45, 2.75) is 11.3 Å². The van der Waals surface area contributed by atoms with Crippen molar-refractivity contribution in [2.24, 2.45) is 0 Å². The van der Waals surface area contributed by atoms with Crippen LogP contribution in [0.1, 0.15) is 15.9 Å². The van der Waals surface area contributed by atoms with Crippen LogP contribution in [-0.2, 0) is 21.2 Å². The smallest absolute Gasteiger partial charge is 0.264 e. The minimum atomic E-state index is -4.20. The quantitative estimate of drug-likeness (QED) is 0.207. The van der Waals surface area contributed by atoms with Gasteiger partial charge in [0.05, 0.1) is 43.2 Å². The number of halogens is 1. The van der Waals surface area contributed by atoms with Gasteiger partial charge in [-0.15, -0.1) is 0 Å². The summed E-state index contributed by atoms with van der Waals surface area (Å²) in [5.74, 6) is 0.613. The highest BCUT2D eigenvalue weighted by Gasteiger charge is 2.28. The first kappa shape index (κ1) is 32.2. The summed E-state index contributed by atoms with van der Waals surface area (Å²) in [6.45, 7) is -0.261. The fourth-order valence-corrected chi connectivity index (χ4v) is 5.98. The molecule has 0 fully saturated rings. The predicted molar refractivity (Wildman–Crippen MR) is 170 cm³/mol. The van der Waals surface area contributed by atoms with Gasteiger partial charge in [0.25, 0.3) is 15.9 Å². The number of rotatable bonds is 13. The topological polar surface area (TPSA) is 123 Å². The van der Waals surface area contributed by atoms with Crippen molar-refractivity contribution in [1.29, 1.82) is 0 Å². The number of sulfonamides is 1. The van der Waals surface area contributed by atoms with Crippen molar-refractivity contribution >= 4 is 44.8 Å². The van der Waals surface area contributed by atoms with Crippen LogP contribution >= 0.6 is 11.6 Å². The minimum Gasteiger partial charge on any atom is -0.497 e. The average Bonchev–Trinajstić information content (AvgIpc) is 3.03. The van der Waals surface area contributed by atoms with Gasteiger partial charge in [-0.1, -0.05) is 35.9 Å². The molecule has 0 bridgehead atoms. The molecular formula is C32H32ClN3O7S. The van der Waals surface area contributed by atoms with E-state index in [0.717, 1.165) is 9.87 Å². The second-order valence-corrected chi connectivity index (χ2v) is 11.8. The molecule has 0 aliphatic carbocycles. The molecule has 0 heterocycles. The standard InChI is InChI=1S/C32H32ClN3O7S/c1-41-25-12-14-26(15-13-25)44(39,40)36(24-8-6-7-23(33)20-24)21-31(37)35-28-10-5-4-9-27(28)32(38)34-18-17-22-11-16-29(42-2)30(19-22)43-3/h4-16,19-20H,17-18,21H2,1-3H3,(H,34,38)(H,35,37). The largest absolute Gasteiger partial charge is 0.497 e. The SMILES string of the molecule is COc1ccc(S(=O)(=O)N(CC(=O)Nc2ccccc2C(=O)NCCc2ccc(OC)c(OC)c2)c2cccc(Cl)c2)cc1. The first-order valence-electron chi connectivity index (χ1n) is 13.5. The molecule has 0 atom stereocenters. The minimum absolute atomic E-state index is 0.0414. The van der Waals surface area contributed by atoms with Crippen LogP contribution < -0.4 is 29.1 Å².